The molecule has 1 fully saturated rings. The molecule has 0 saturated carbocycles. The van der Waals surface area contributed by atoms with E-state index in [0.717, 1.165) is 52.3 Å². The summed E-state index contributed by atoms with van der Waals surface area (Å²) in [5.74, 6) is 1.76. The second kappa shape index (κ2) is 8.48. The standard InChI is InChI=1S/C21H22N4O2S/c1-2-27-18-10-8-16(9-11-18)22-21-24-23-19(14-28-21)15-5-3-6-17(13-15)25-12-4-7-20(25)26/h3,5-6,8-11,13H,2,4,7,12,14H2,1H3,(H,22,24). The summed E-state index contributed by atoms with van der Waals surface area (Å²) in [5, 5.41) is 5.26. The fourth-order valence-electron chi connectivity index (χ4n) is 3.20. The molecule has 144 valence electrons. The second-order valence-electron chi connectivity index (χ2n) is 6.50. The Kier molecular flexibility index (Phi) is 5.62. The number of amidine groups is 1. The highest BCUT2D eigenvalue weighted by Gasteiger charge is 2.22. The van der Waals surface area contributed by atoms with Gasteiger partial charge in [0, 0.05) is 30.0 Å². The van der Waals surface area contributed by atoms with Crippen molar-refractivity contribution in [3.63, 3.8) is 0 Å². The van der Waals surface area contributed by atoms with Crippen LogP contribution in [0.1, 0.15) is 25.3 Å². The highest BCUT2D eigenvalue weighted by molar-refractivity contribution is 8.14. The lowest BCUT2D eigenvalue weighted by atomic mass is 10.1. The third kappa shape index (κ3) is 4.20. The normalized spacial score (nSPS) is 18.2. The minimum absolute atomic E-state index is 0.194. The molecule has 2 aromatic carbocycles. The third-order valence-electron chi connectivity index (χ3n) is 4.57. The number of benzene rings is 2. The van der Waals surface area contributed by atoms with Gasteiger partial charge in [0.25, 0.3) is 0 Å². The van der Waals surface area contributed by atoms with Crippen LogP contribution in [0.3, 0.4) is 0 Å². The van der Waals surface area contributed by atoms with Crippen molar-refractivity contribution in [2.45, 2.75) is 19.8 Å². The Bertz CT molecular complexity index is 924. The van der Waals surface area contributed by atoms with E-state index in [1.807, 2.05) is 60.4 Å². The summed E-state index contributed by atoms with van der Waals surface area (Å²) in [6, 6.07) is 15.7. The zero-order valence-corrected chi connectivity index (χ0v) is 16.5. The Balaban J connectivity index is 1.46. The van der Waals surface area contributed by atoms with Crippen LogP contribution in [-0.4, -0.2) is 35.7 Å². The van der Waals surface area contributed by atoms with Crippen molar-refractivity contribution in [3.8, 4) is 5.75 Å². The van der Waals surface area contributed by atoms with Gasteiger partial charge in [0.1, 0.15) is 5.75 Å². The van der Waals surface area contributed by atoms with Crippen molar-refractivity contribution in [2.75, 3.05) is 23.8 Å². The summed E-state index contributed by atoms with van der Waals surface area (Å²) in [5.41, 5.74) is 6.82. The number of carbonyl (C=O) groups is 1. The van der Waals surface area contributed by atoms with Gasteiger partial charge in [-0.3, -0.25) is 10.2 Å². The summed E-state index contributed by atoms with van der Waals surface area (Å²) in [6.07, 6.45) is 1.56. The minimum atomic E-state index is 0.194. The molecule has 0 spiro atoms. The van der Waals surface area contributed by atoms with Crippen molar-refractivity contribution >= 4 is 39.9 Å². The van der Waals surface area contributed by atoms with E-state index in [0.29, 0.717) is 13.0 Å². The average Bonchev–Trinajstić information content (AvgIpc) is 3.16. The van der Waals surface area contributed by atoms with Crippen LogP contribution >= 0.6 is 11.8 Å². The number of nitrogens with zero attached hydrogens (tertiary/aromatic N) is 3. The van der Waals surface area contributed by atoms with Gasteiger partial charge in [-0.2, -0.15) is 5.10 Å². The highest BCUT2D eigenvalue weighted by atomic mass is 32.2. The first kappa shape index (κ1) is 18.6. The molecule has 7 heteroatoms. The summed E-state index contributed by atoms with van der Waals surface area (Å²) in [7, 11) is 0. The van der Waals surface area contributed by atoms with Gasteiger partial charge in [-0.1, -0.05) is 23.9 Å². The predicted octanol–water partition coefficient (Wildman–Crippen LogP) is 3.94. The van der Waals surface area contributed by atoms with Crippen LogP contribution in [0.25, 0.3) is 0 Å². The van der Waals surface area contributed by atoms with Crippen molar-refractivity contribution in [2.24, 2.45) is 10.1 Å². The van der Waals surface area contributed by atoms with Gasteiger partial charge in [-0.25, -0.2) is 4.99 Å². The Labute approximate surface area is 168 Å². The van der Waals surface area contributed by atoms with Crippen LogP contribution < -0.4 is 15.1 Å². The van der Waals surface area contributed by atoms with Crippen LogP contribution in [-0.2, 0) is 4.79 Å². The maximum atomic E-state index is 12.0. The lowest BCUT2D eigenvalue weighted by Crippen LogP contribution is -2.26. The average molecular weight is 395 g/mol. The molecule has 0 atom stereocenters. The molecule has 0 unspecified atom stereocenters. The highest BCUT2D eigenvalue weighted by Crippen LogP contribution is 2.25. The molecule has 2 aromatic rings. The van der Waals surface area contributed by atoms with Gasteiger partial charge >= 0.3 is 0 Å². The maximum absolute atomic E-state index is 12.0. The first-order valence-corrected chi connectivity index (χ1v) is 10.4. The summed E-state index contributed by atoms with van der Waals surface area (Å²) in [6.45, 7) is 3.40. The van der Waals surface area contributed by atoms with Crippen molar-refractivity contribution in [3.05, 3.63) is 54.1 Å². The zero-order chi connectivity index (χ0) is 19.3. The molecule has 0 bridgehead atoms. The van der Waals surface area contributed by atoms with Gasteiger partial charge in [0.05, 0.1) is 18.0 Å². The number of carbonyl (C=O) groups excluding carboxylic acids is 1. The van der Waals surface area contributed by atoms with E-state index < -0.39 is 0 Å². The number of nitrogens with one attached hydrogen (secondary N) is 1. The summed E-state index contributed by atoms with van der Waals surface area (Å²) in [4.78, 5) is 18.4. The van der Waals surface area contributed by atoms with Gasteiger partial charge in [-0.15, -0.1) is 0 Å². The molecule has 2 aliphatic heterocycles. The summed E-state index contributed by atoms with van der Waals surface area (Å²) >= 11 is 1.61. The molecule has 6 nitrogen and oxygen atoms in total. The monoisotopic (exact) mass is 394 g/mol. The van der Waals surface area contributed by atoms with Crippen molar-refractivity contribution in [1.29, 1.82) is 0 Å². The number of anilines is 1. The smallest absolute Gasteiger partial charge is 0.227 e. The van der Waals surface area contributed by atoms with Gasteiger partial charge in [0.2, 0.25) is 5.91 Å². The molecular weight excluding hydrogens is 372 g/mol. The quantitative estimate of drug-likeness (QED) is 0.834. The number of aliphatic imine (C=N–C) groups is 1. The Hall–Kier alpha value is -2.80. The second-order valence-corrected chi connectivity index (χ2v) is 7.47. The topological polar surface area (TPSA) is 66.3 Å². The molecule has 0 radical (unpaired) electrons. The molecule has 2 aliphatic rings. The first-order valence-electron chi connectivity index (χ1n) is 9.40. The largest absolute Gasteiger partial charge is 0.494 e. The number of ether oxygens (including phenoxy) is 1. The van der Waals surface area contributed by atoms with E-state index in [2.05, 4.69) is 15.5 Å². The summed E-state index contributed by atoms with van der Waals surface area (Å²) < 4.78 is 5.45. The predicted molar refractivity (Wildman–Crippen MR) is 115 cm³/mol. The first-order chi connectivity index (χ1) is 13.7. The molecule has 2 heterocycles. The number of hydrogen-bond donors (Lipinski definition) is 1. The third-order valence-corrected chi connectivity index (χ3v) is 5.45. The maximum Gasteiger partial charge on any atom is 0.227 e. The fourth-order valence-corrected chi connectivity index (χ4v) is 3.98. The van der Waals surface area contributed by atoms with Crippen molar-refractivity contribution in [1.82, 2.24) is 5.43 Å². The number of thioether (sulfide) groups is 1. The lowest BCUT2D eigenvalue weighted by Gasteiger charge is -2.18. The zero-order valence-electron chi connectivity index (χ0n) is 15.7. The lowest BCUT2D eigenvalue weighted by molar-refractivity contribution is -0.117. The number of hydrogen-bond acceptors (Lipinski definition) is 5. The number of hydrazone groups is 1. The van der Waals surface area contributed by atoms with Crippen LogP contribution in [0.15, 0.2) is 58.6 Å². The van der Waals surface area contributed by atoms with Crippen molar-refractivity contribution < 1.29 is 9.53 Å². The van der Waals surface area contributed by atoms with E-state index in [1.165, 1.54) is 0 Å². The SMILES string of the molecule is CCOc1ccc(N=C2NN=C(c3cccc(N4CCCC4=O)c3)CS2)cc1. The number of amides is 1. The minimum Gasteiger partial charge on any atom is -0.494 e. The van der Waals surface area contributed by atoms with Crippen LogP contribution in [0.2, 0.25) is 0 Å². The van der Waals surface area contributed by atoms with E-state index in [1.54, 1.807) is 11.8 Å². The Morgan fingerprint density at radius 2 is 2.11 bits per heavy atom. The number of rotatable bonds is 5. The van der Waals surface area contributed by atoms with Crippen LogP contribution in [0.5, 0.6) is 5.75 Å². The van der Waals surface area contributed by atoms with E-state index >= 15 is 0 Å². The molecule has 1 amide bonds. The Morgan fingerprint density at radius 3 is 2.79 bits per heavy atom. The Morgan fingerprint density at radius 1 is 1.25 bits per heavy atom. The molecule has 1 saturated heterocycles. The van der Waals surface area contributed by atoms with E-state index in [9.17, 15) is 4.79 Å². The van der Waals surface area contributed by atoms with Gasteiger partial charge in [-0.05, 0) is 49.7 Å². The fraction of sp³-hybridized carbons (Fsp3) is 0.286. The molecule has 0 aliphatic carbocycles. The molecular formula is C21H22N4O2S. The molecule has 28 heavy (non-hydrogen) atoms. The molecule has 4 rings (SSSR count). The van der Waals surface area contributed by atoms with Crippen LogP contribution in [0.4, 0.5) is 11.4 Å². The molecule has 1 N–H and O–H groups in total. The van der Waals surface area contributed by atoms with Crippen LogP contribution in [0, 0.1) is 0 Å². The van der Waals surface area contributed by atoms with Gasteiger partial charge < -0.3 is 9.64 Å². The van der Waals surface area contributed by atoms with E-state index in [4.69, 9.17) is 4.74 Å². The van der Waals surface area contributed by atoms with Gasteiger partial charge in [0.15, 0.2) is 5.17 Å². The molecule has 0 aromatic heterocycles. The van der Waals surface area contributed by atoms with E-state index in [-0.39, 0.29) is 5.91 Å².